The lowest BCUT2D eigenvalue weighted by Gasteiger charge is -2.37. The maximum absolute atomic E-state index is 6.08. The van der Waals surface area contributed by atoms with E-state index in [0.717, 1.165) is 49.6 Å². The molecule has 2 fully saturated rings. The van der Waals surface area contributed by atoms with Crippen LogP contribution in [0.4, 0.5) is 5.69 Å². The van der Waals surface area contributed by atoms with Crippen molar-refractivity contribution in [2.75, 3.05) is 44.7 Å². The zero-order valence-corrected chi connectivity index (χ0v) is 13.3. The highest BCUT2D eigenvalue weighted by Crippen LogP contribution is 2.27. The highest BCUT2D eigenvalue weighted by Gasteiger charge is 2.24. The van der Waals surface area contributed by atoms with Crippen molar-refractivity contribution < 1.29 is 0 Å². The third-order valence-corrected chi connectivity index (χ3v) is 4.45. The van der Waals surface area contributed by atoms with Gasteiger partial charge in [-0.25, -0.2) is 0 Å². The lowest BCUT2D eigenvalue weighted by Crippen LogP contribution is -2.52. The second kappa shape index (κ2) is 6.56. The molecule has 1 aliphatic heterocycles. The average Bonchev–Trinajstić information content (AvgIpc) is 3.33. The molecule has 1 saturated heterocycles. The van der Waals surface area contributed by atoms with Crippen LogP contribution in [0.5, 0.6) is 0 Å². The Kier molecular flexibility index (Phi) is 4.54. The van der Waals surface area contributed by atoms with Gasteiger partial charge in [-0.2, -0.15) is 0 Å². The summed E-state index contributed by atoms with van der Waals surface area (Å²) in [5, 5.41) is 4.30. The van der Waals surface area contributed by atoms with Crippen LogP contribution >= 0.6 is 11.6 Å². The van der Waals surface area contributed by atoms with Crippen LogP contribution in [-0.4, -0.2) is 50.6 Å². The van der Waals surface area contributed by atoms with E-state index in [0.29, 0.717) is 0 Å². The highest BCUT2D eigenvalue weighted by atomic mass is 35.5. The zero-order chi connectivity index (χ0) is 14.7. The number of nitrogens with zero attached hydrogens (tertiary/aromatic N) is 3. The molecule has 21 heavy (non-hydrogen) atoms. The predicted octanol–water partition coefficient (Wildman–Crippen LogP) is 2.45. The summed E-state index contributed by atoms with van der Waals surface area (Å²) in [5.41, 5.74) is 1.21. The number of aliphatic imine (C=N–C) groups is 1. The SMILES string of the molecule is CN=C(NCC1CC1)N1CCN(c2cccc(Cl)c2)CC1. The number of hydrogen-bond acceptors (Lipinski definition) is 2. The minimum absolute atomic E-state index is 0.803. The summed E-state index contributed by atoms with van der Waals surface area (Å²) in [6, 6.07) is 8.10. The lowest BCUT2D eigenvalue weighted by molar-refractivity contribution is 0.372. The van der Waals surface area contributed by atoms with Gasteiger partial charge >= 0.3 is 0 Å². The Morgan fingerprint density at radius 3 is 2.67 bits per heavy atom. The molecule has 1 aliphatic carbocycles. The van der Waals surface area contributed by atoms with Gasteiger partial charge in [0.2, 0.25) is 0 Å². The molecule has 0 radical (unpaired) electrons. The Hall–Kier alpha value is -1.42. The molecule has 1 N–H and O–H groups in total. The van der Waals surface area contributed by atoms with E-state index in [2.05, 4.69) is 26.2 Å². The van der Waals surface area contributed by atoms with E-state index in [-0.39, 0.29) is 0 Å². The van der Waals surface area contributed by atoms with E-state index in [1.807, 2.05) is 25.2 Å². The number of guanidine groups is 1. The Bertz CT molecular complexity index is 505. The quantitative estimate of drug-likeness (QED) is 0.687. The van der Waals surface area contributed by atoms with Crippen molar-refractivity contribution in [3.05, 3.63) is 29.3 Å². The Labute approximate surface area is 131 Å². The third kappa shape index (κ3) is 3.82. The van der Waals surface area contributed by atoms with Crippen LogP contribution in [0.25, 0.3) is 0 Å². The summed E-state index contributed by atoms with van der Waals surface area (Å²) < 4.78 is 0. The van der Waals surface area contributed by atoms with Gasteiger partial charge in [-0.1, -0.05) is 17.7 Å². The smallest absolute Gasteiger partial charge is 0.193 e. The number of anilines is 1. The minimum atomic E-state index is 0.803. The molecule has 1 saturated carbocycles. The molecule has 2 aliphatic rings. The molecule has 5 heteroatoms. The van der Waals surface area contributed by atoms with Gasteiger partial charge in [-0.3, -0.25) is 4.99 Å². The molecular formula is C16H23ClN4. The summed E-state index contributed by atoms with van der Waals surface area (Å²) in [7, 11) is 1.87. The number of rotatable bonds is 3. The van der Waals surface area contributed by atoms with E-state index in [4.69, 9.17) is 11.6 Å². The van der Waals surface area contributed by atoms with Crippen molar-refractivity contribution in [2.45, 2.75) is 12.8 Å². The summed E-state index contributed by atoms with van der Waals surface area (Å²) in [4.78, 5) is 9.15. The van der Waals surface area contributed by atoms with Crippen molar-refractivity contribution in [1.82, 2.24) is 10.2 Å². The lowest BCUT2D eigenvalue weighted by atomic mass is 10.2. The van der Waals surface area contributed by atoms with Crippen molar-refractivity contribution in [2.24, 2.45) is 10.9 Å². The van der Waals surface area contributed by atoms with Gasteiger partial charge in [0, 0.05) is 50.5 Å². The Morgan fingerprint density at radius 2 is 2.05 bits per heavy atom. The monoisotopic (exact) mass is 306 g/mol. The fourth-order valence-electron chi connectivity index (χ4n) is 2.74. The van der Waals surface area contributed by atoms with Crippen LogP contribution in [0.2, 0.25) is 5.02 Å². The highest BCUT2D eigenvalue weighted by molar-refractivity contribution is 6.30. The van der Waals surface area contributed by atoms with E-state index >= 15 is 0 Å². The zero-order valence-electron chi connectivity index (χ0n) is 12.6. The summed E-state index contributed by atoms with van der Waals surface area (Å²) >= 11 is 6.08. The molecule has 1 heterocycles. The van der Waals surface area contributed by atoms with Crippen LogP contribution < -0.4 is 10.2 Å². The number of halogens is 1. The summed E-state index contributed by atoms with van der Waals surface area (Å²) in [6.45, 7) is 5.07. The topological polar surface area (TPSA) is 30.9 Å². The van der Waals surface area contributed by atoms with Gasteiger partial charge in [-0.05, 0) is 37.0 Å². The molecule has 0 atom stereocenters. The van der Waals surface area contributed by atoms with Gasteiger partial charge in [0.1, 0.15) is 0 Å². The minimum Gasteiger partial charge on any atom is -0.368 e. The second-order valence-electron chi connectivity index (χ2n) is 5.83. The first-order valence-corrected chi connectivity index (χ1v) is 8.10. The summed E-state index contributed by atoms with van der Waals surface area (Å²) in [6.07, 6.45) is 2.74. The molecule has 0 aromatic heterocycles. The van der Waals surface area contributed by atoms with Crippen LogP contribution in [0.1, 0.15) is 12.8 Å². The van der Waals surface area contributed by atoms with Crippen LogP contribution in [0.15, 0.2) is 29.3 Å². The molecule has 1 aromatic rings. The number of piperazine rings is 1. The number of benzene rings is 1. The van der Waals surface area contributed by atoms with E-state index in [9.17, 15) is 0 Å². The van der Waals surface area contributed by atoms with Crippen LogP contribution in [-0.2, 0) is 0 Å². The largest absolute Gasteiger partial charge is 0.368 e. The van der Waals surface area contributed by atoms with Crippen LogP contribution in [0, 0.1) is 5.92 Å². The fraction of sp³-hybridized carbons (Fsp3) is 0.562. The summed E-state index contributed by atoms with van der Waals surface area (Å²) in [5.74, 6) is 1.92. The molecule has 3 rings (SSSR count). The van der Waals surface area contributed by atoms with Crippen molar-refractivity contribution >= 4 is 23.2 Å². The molecule has 0 amide bonds. The van der Waals surface area contributed by atoms with Crippen molar-refractivity contribution in [3.8, 4) is 0 Å². The Balaban J connectivity index is 1.53. The molecule has 1 aromatic carbocycles. The molecule has 114 valence electrons. The molecular weight excluding hydrogens is 284 g/mol. The van der Waals surface area contributed by atoms with Gasteiger partial charge in [0.25, 0.3) is 0 Å². The maximum atomic E-state index is 6.08. The molecule has 4 nitrogen and oxygen atoms in total. The molecule has 0 spiro atoms. The first-order chi connectivity index (χ1) is 10.3. The fourth-order valence-corrected chi connectivity index (χ4v) is 2.92. The standard InChI is InChI=1S/C16H23ClN4/c1-18-16(19-12-13-5-6-13)21-9-7-20(8-10-21)15-4-2-3-14(17)11-15/h2-4,11,13H,5-10,12H2,1H3,(H,18,19). The van der Waals surface area contributed by atoms with Gasteiger partial charge in [-0.15, -0.1) is 0 Å². The first-order valence-electron chi connectivity index (χ1n) is 7.72. The van der Waals surface area contributed by atoms with Gasteiger partial charge in [0.05, 0.1) is 0 Å². The third-order valence-electron chi connectivity index (χ3n) is 4.21. The Morgan fingerprint density at radius 1 is 1.29 bits per heavy atom. The van der Waals surface area contributed by atoms with Crippen molar-refractivity contribution in [1.29, 1.82) is 0 Å². The first kappa shape index (κ1) is 14.5. The van der Waals surface area contributed by atoms with Crippen LogP contribution in [0.3, 0.4) is 0 Å². The predicted molar refractivity (Wildman–Crippen MR) is 89.3 cm³/mol. The van der Waals surface area contributed by atoms with Gasteiger partial charge < -0.3 is 15.1 Å². The average molecular weight is 307 g/mol. The molecule has 0 bridgehead atoms. The van der Waals surface area contributed by atoms with E-state index in [1.54, 1.807) is 0 Å². The maximum Gasteiger partial charge on any atom is 0.193 e. The van der Waals surface area contributed by atoms with Crippen molar-refractivity contribution in [3.63, 3.8) is 0 Å². The van der Waals surface area contributed by atoms with E-state index < -0.39 is 0 Å². The number of hydrogen-bond donors (Lipinski definition) is 1. The number of nitrogens with one attached hydrogen (secondary N) is 1. The van der Waals surface area contributed by atoms with Gasteiger partial charge in [0.15, 0.2) is 5.96 Å². The normalized spacial score (nSPS) is 19.8. The van der Waals surface area contributed by atoms with E-state index in [1.165, 1.54) is 18.5 Å². The molecule has 0 unspecified atom stereocenters. The second-order valence-corrected chi connectivity index (χ2v) is 6.26.